The van der Waals surface area contributed by atoms with E-state index in [0.717, 1.165) is 41.4 Å². The van der Waals surface area contributed by atoms with E-state index >= 15 is 0 Å². The molecule has 0 spiro atoms. The zero-order valence-electron chi connectivity index (χ0n) is 14.6. The second-order valence-corrected chi connectivity index (χ2v) is 5.62. The SMILES string of the molecule is CCOCc1ccc(Nc2cc(CC)nc(-c3ccncc3)n2)cc1. The van der Waals surface area contributed by atoms with Crippen LogP contribution in [0.25, 0.3) is 11.4 Å². The zero-order chi connectivity index (χ0) is 17.5. The summed E-state index contributed by atoms with van der Waals surface area (Å²) in [6.07, 6.45) is 4.35. The summed E-state index contributed by atoms with van der Waals surface area (Å²) in [7, 11) is 0. The summed E-state index contributed by atoms with van der Waals surface area (Å²) < 4.78 is 5.43. The molecule has 1 aromatic carbocycles. The van der Waals surface area contributed by atoms with Crippen LogP contribution in [0.4, 0.5) is 11.5 Å². The first-order valence-electron chi connectivity index (χ1n) is 8.50. The van der Waals surface area contributed by atoms with Gasteiger partial charge in [-0.1, -0.05) is 19.1 Å². The lowest BCUT2D eigenvalue weighted by atomic mass is 10.2. The molecule has 25 heavy (non-hydrogen) atoms. The Morgan fingerprint density at radius 1 is 0.960 bits per heavy atom. The number of pyridine rings is 1. The molecule has 0 radical (unpaired) electrons. The normalized spacial score (nSPS) is 10.6. The van der Waals surface area contributed by atoms with Crippen molar-refractivity contribution in [3.63, 3.8) is 0 Å². The molecule has 2 aromatic heterocycles. The molecule has 0 aliphatic rings. The van der Waals surface area contributed by atoms with Gasteiger partial charge in [0.1, 0.15) is 5.82 Å². The highest BCUT2D eigenvalue weighted by Gasteiger charge is 2.07. The van der Waals surface area contributed by atoms with Crippen molar-refractivity contribution >= 4 is 11.5 Å². The van der Waals surface area contributed by atoms with Crippen LogP contribution in [0.2, 0.25) is 0 Å². The van der Waals surface area contributed by atoms with Gasteiger partial charge in [0.25, 0.3) is 0 Å². The number of nitrogens with zero attached hydrogens (tertiary/aromatic N) is 3. The number of benzene rings is 1. The number of hydrogen-bond donors (Lipinski definition) is 1. The van der Waals surface area contributed by atoms with E-state index in [0.29, 0.717) is 12.4 Å². The third kappa shape index (κ3) is 4.61. The van der Waals surface area contributed by atoms with Crippen molar-refractivity contribution in [2.24, 2.45) is 0 Å². The molecular formula is C20H22N4O. The minimum atomic E-state index is 0.635. The van der Waals surface area contributed by atoms with Crippen LogP contribution in [-0.4, -0.2) is 21.6 Å². The van der Waals surface area contributed by atoms with E-state index in [1.54, 1.807) is 12.4 Å². The van der Waals surface area contributed by atoms with Crippen LogP contribution < -0.4 is 5.32 Å². The fourth-order valence-corrected chi connectivity index (χ4v) is 2.42. The minimum absolute atomic E-state index is 0.635. The van der Waals surface area contributed by atoms with E-state index in [1.165, 1.54) is 0 Å². The van der Waals surface area contributed by atoms with Crippen molar-refractivity contribution in [1.82, 2.24) is 15.0 Å². The third-order valence-electron chi connectivity index (χ3n) is 3.78. The lowest BCUT2D eigenvalue weighted by molar-refractivity contribution is 0.134. The highest BCUT2D eigenvalue weighted by Crippen LogP contribution is 2.21. The van der Waals surface area contributed by atoms with Gasteiger partial charge >= 0.3 is 0 Å². The van der Waals surface area contributed by atoms with Crippen molar-refractivity contribution in [3.05, 3.63) is 66.1 Å². The fraction of sp³-hybridized carbons (Fsp3) is 0.250. The van der Waals surface area contributed by atoms with Crippen molar-refractivity contribution in [3.8, 4) is 11.4 Å². The number of hydrogen-bond acceptors (Lipinski definition) is 5. The van der Waals surface area contributed by atoms with Crippen LogP contribution in [0.1, 0.15) is 25.1 Å². The van der Waals surface area contributed by atoms with Gasteiger partial charge in [0.05, 0.1) is 6.61 Å². The molecule has 0 atom stereocenters. The molecular weight excluding hydrogens is 312 g/mol. The molecule has 5 nitrogen and oxygen atoms in total. The summed E-state index contributed by atoms with van der Waals surface area (Å²) in [5, 5.41) is 3.36. The van der Waals surface area contributed by atoms with Gasteiger partial charge in [-0.3, -0.25) is 4.98 Å². The molecule has 1 N–H and O–H groups in total. The molecule has 0 saturated heterocycles. The number of rotatable bonds is 7. The molecule has 5 heteroatoms. The van der Waals surface area contributed by atoms with Gasteiger partial charge in [0.2, 0.25) is 0 Å². The lowest BCUT2D eigenvalue weighted by Crippen LogP contribution is -2.01. The molecule has 0 amide bonds. The highest BCUT2D eigenvalue weighted by molar-refractivity contribution is 5.61. The standard InChI is InChI=1S/C20H22N4O/c1-3-17-13-19(24-20(23-17)16-9-11-21-12-10-16)22-18-7-5-15(6-8-18)14-25-4-2/h5-13H,3-4,14H2,1-2H3,(H,22,23,24). The van der Waals surface area contributed by atoms with Crippen LogP contribution in [0, 0.1) is 0 Å². The maximum atomic E-state index is 5.43. The van der Waals surface area contributed by atoms with Gasteiger partial charge in [-0.25, -0.2) is 9.97 Å². The van der Waals surface area contributed by atoms with E-state index in [-0.39, 0.29) is 0 Å². The van der Waals surface area contributed by atoms with Crippen LogP contribution in [0.3, 0.4) is 0 Å². The summed E-state index contributed by atoms with van der Waals surface area (Å²) in [6, 6.07) is 14.0. The van der Waals surface area contributed by atoms with Crippen molar-refractivity contribution in [1.29, 1.82) is 0 Å². The first-order chi connectivity index (χ1) is 12.3. The number of nitrogens with one attached hydrogen (secondary N) is 1. The van der Waals surface area contributed by atoms with Gasteiger partial charge in [-0.15, -0.1) is 0 Å². The number of aryl methyl sites for hydroxylation is 1. The molecule has 0 saturated carbocycles. The van der Waals surface area contributed by atoms with Gasteiger partial charge in [-0.2, -0.15) is 0 Å². The Morgan fingerprint density at radius 2 is 1.72 bits per heavy atom. The van der Waals surface area contributed by atoms with Gasteiger partial charge < -0.3 is 10.1 Å². The summed E-state index contributed by atoms with van der Waals surface area (Å²) in [4.78, 5) is 13.3. The van der Waals surface area contributed by atoms with E-state index in [4.69, 9.17) is 4.74 Å². The Balaban J connectivity index is 1.82. The van der Waals surface area contributed by atoms with E-state index in [2.05, 4.69) is 39.3 Å². The monoisotopic (exact) mass is 334 g/mol. The largest absolute Gasteiger partial charge is 0.377 e. The molecule has 0 fully saturated rings. The Hall–Kier alpha value is -2.79. The van der Waals surface area contributed by atoms with E-state index in [1.807, 2.05) is 37.3 Å². The molecule has 0 unspecified atom stereocenters. The Bertz CT molecular complexity index is 804. The van der Waals surface area contributed by atoms with Gasteiger partial charge in [0.15, 0.2) is 5.82 Å². The van der Waals surface area contributed by atoms with Crippen LogP contribution in [-0.2, 0) is 17.8 Å². The first kappa shape index (κ1) is 17.0. The first-order valence-corrected chi connectivity index (χ1v) is 8.50. The van der Waals surface area contributed by atoms with Crippen molar-refractivity contribution < 1.29 is 4.74 Å². The molecule has 0 aliphatic heterocycles. The second kappa shape index (κ2) is 8.35. The maximum Gasteiger partial charge on any atom is 0.161 e. The van der Waals surface area contributed by atoms with Gasteiger partial charge in [-0.05, 0) is 43.2 Å². The van der Waals surface area contributed by atoms with Crippen molar-refractivity contribution in [2.75, 3.05) is 11.9 Å². The van der Waals surface area contributed by atoms with Crippen LogP contribution >= 0.6 is 0 Å². The zero-order valence-corrected chi connectivity index (χ0v) is 14.6. The third-order valence-corrected chi connectivity index (χ3v) is 3.78. The maximum absolute atomic E-state index is 5.43. The molecule has 3 aromatic rings. The highest BCUT2D eigenvalue weighted by atomic mass is 16.5. The minimum Gasteiger partial charge on any atom is -0.377 e. The van der Waals surface area contributed by atoms with Gasteiger partial charge in [0, 0.05) is 42.0 Å². The number of ether oxygens (including phenoxy) is 1. The fourth-order valence-electron chi connectivity index (χ4n) is 2.42. The molecule has 128 valence electrons. The van der Waals surface area contributed by atoms with Crippen LogP contribution in [0.5, 0.6) is 0 Å². The predicted molar refractivity (Wildman–Crippen MR) is 99.7 cm³/mol. The summed E-state index contributed by atoms with van der Waals surface area (Å²) in [6.45, 7) is 5.44. The topological polar surface area (TPSA) is 59.9 Å². The van der Waals surface area contributed by atoms with Crippen LogP contribution in [0.15, 0.2) is 54.9 Å². The summed E-state index contributed by atoms with van der Waals surface area (Å²) >= 11 is 0. The Labute approximate surface area is 148 Å². The second-order valence-electron chi connectivity index (χ2n) is 5.62. The average Bonchev–Trinajstić information content (AvgIpc) is 2.68. The smallest absolute Gasteiger partial charge is 0.161 e. The number of aromatic nitrogens is 3. The summed E-state index contributed by atoms with van der Waals surface area (Å²) in [5.41, 5.74) is 4.10. The molecule has 0 bridgehead atoms. The quantitative estimate of drug-likeness (QED) is 0.695. The van der Waals surface area contributed by atoms with E-state index in [9.17, 15) is 0 Å². The molecule has 0 aliphatic carbocycles. The Kier molecular flexibility index (Phi) is 5.69. The number of anilines is 2. The molecule has 2 heterocycles. The average molecular weight is 334 g/mol. The summed E-state index contributed by atoms with van der Waals surface area (Å²) in [5.74, 6) is 1.49. The van der Waals surface area contributed by atoms with E-state index < -0.39 is 0 Å². The van der Waals surface area contributed by atoms with Crippen molar-refractivity contribution in [2.45, 2.75) is 26.9 Å². The molecule has 3 rings (SSSR count). The lowest BCUT2D eigenvalue weighted by Gasteiger charge is -2.10. The Morgan fingerprint density at radius 3 is 2.40 bits per heavy atom. The predicted octanol–water partition coefficient (Wildman–Crippen LogP) is 4.38.